The summed E-state index contributed by atoms with van der Waals surface area (Å²) in [4.78, 5) is 32.8. The number of ether oxygens (including phenoxy) is 1. The fourth-order valence-electron chi connectivity index (χ4n) is 3.18. The van der Waals surface area contributed by atoms with Crippen molar-refractivity contribution in [3.63, 3.8) is 0 Å². The Hall–Kier alpha value is -2.23. The van der Waals surface area contributed by atoms with Crippen LogP contribution < -0.4 is 10.9 Å². The number of amides is 1. The summed E-state index contributed by atoms with van der Waals surface area (Å²) in [7, 11) is 0. The molecular formula is C22H28N4O3S2. The molecule has 0 saturated carbocycles. The van der Waals surface area contributed by atoms with Crippen LogP contribution in [0.25, 0.3) is 11.7 Å². The predicted molar refractivity (Wildman–Crippen MR) is 131 cm³/mol. The lowest BCUT2D eigenvalue weighted by Gasteiger charge is -2.18. The summed E-state index contributed by atoms with van der Waals surface area (Å²) in [5.41, 5.74) is 1.60. The molecule has 1 N–H and O–H groups in total. The van der Waals surface area contributed by atoms with E-state index in [2.05, 4.69) is 10.3 Å². The minimum atomic E-state index is -0.232. The highest BCUT2D eigenvalue weighted by molar-refractivity contribution is 8.26. The van der Waals surface area contributed by atoms with E-state index in [0.29, 0.717) is 39.4 Å². The maximum Gasteiger partial charge on any atom is 0.267 e. The molecule has 0 spiro atoms. The third-order valence-electron chi connectivity index (χ3n) is 4.69. The molecule has 0 unspecified atom stereocenters. The molecule has 166 valence electrons. The maximum absolute atomic E-state index is 13.3. The number of aryl methyl sites for hydroxylation is 1. The zero-order valence-electron chi connectivity index (χ0n) is 18.5. The van der Waals surface area contributed by atoms with Crippen molar-refractivity contribution in [1.82, 2.24) is 14.3 Å². The van der Waals surface area contributed by atoms with Crippen LogP contribution in [0.3, 0.4) is 0 Å². The Balaban J connectivity index is 1.99. The van der Waals surface area contributed by atoms with E-state index in [1.165, 1.54) is 16.2 Å². The summed E-state index contributed by atoms with van der Waals surface area (Å²) in [6, 6.07) is 3.68. The average Bonchev–Trinajstić information content (AvgIpc) is 2.97. The number of hydrogen-bond donors (Lipinski definition) is 1. The molecule has 1 fully saturated rings. The minimum Gasteiger partial charge on any atom is -0.379 e. The van der Waals surface area contributed by atoms with Gasteiger partial charge in [-0.3, -0.25) is 18.9 Å². The van der Waals surface area contributed by atoms with Gasteiger partial charge in [-0.15, -0.1) is 0 Å². The number of thiocarbonyl (C=S) groups is 1. The second-order valence-electron chi connectivity index (χ2n) is 7.96. The Kier molecular flexibility index (Phi) is 7.51. The molecule has 0 radical (unpaired) electrons. The van der Waals surface area contributed by atoms with Gasteiger partial charge in [0.2, 0.25) is 0 Å². The molecule has 1 aliphatic heterocycles. The van der Waals surface area contributed by atoms with Crippen molar-refractivity contribution in [2.45, 2.75) is 53.2 Å². The van der Waals surface area contributed by atoms with E-state index in [4.69, 9.17) is 17.0 Å². The lowest BCUT2D eigenvalue weighted by Crippen LogP contribution is -2.34. The van der Waals surface area contributed by atoms with Crippen LogP contribution >= 0.6 is 24.0 Å². The van der Waals surface area contributed by atoms with Crippen molar-refractivity contribution in [2.24, 2.45) is 0 Å². The van der Waals surface area contributed by atoms with Gasteiger partial charge >= 0.3 is 0 Å². The molecule has 7 nitrogen and oxygen atoms in total. The average molecular weight is 461 g/mol. The summed E-state index contributed by atoms with van der Waals surface area (Å²) >= 11 is 6.58. The lowest BCUT2D eigenvalue weighted by atomic mass is 10.2. The highest BCUT2D eigenvalue weighted by Gasteiger charge is 2.34. The van der Waals surface area contributed by atoms with E-state index in [-0.39, 0.29) is 23.6 Å². The normalized spacial score (nSPS) is 15.8. The van der Waals surface area contributed by atoms with Crippen LogP contribution in [0.15, 0.2) is 28.0 Å². The van der Waals surface area contributed by atoms with Crippen LogP contribution in [0.1, 0.15) is 45.2 Å². The molecule has 0 aromatic carbocycles. The molecule has 0 atom stereocenters. The van der Waals surface area contributed by atoms with Crippen LogP contribution in [-0.2, 0) is 9.53 Å². The fourth-order valence-corrected chi connectivity index (χ4v) is 4.68. The van der Waals surface area contributed by atoms with Gasteiger partial charge in [-0.2, -0.15) is 0 Å². The number of anilines is 1. The monoisotopic (exact) mass is 460 g/mol. The van der Waals surface area contributed by atoms with Gasteiger partial charge in [0.25, 0.3) is 11.5 Å². The van der Waals surface area contributed by atoms with Crippen molar-refractivity contribution < 1.29 is 9.53 Å². The van der Waals surface area contributed by atoms with Crippen molar-refractivity contribution >= 4 is 51.7 Å². The van der Waals surface area contributed by atoms with E-state index in [9.17, 15) is 9.59 Å². The van der Waals surface area contributed by atoms with Gasteiger partial charge in [0.05, 0.1) is 16.6 Å². The number of thioether (sulfide) groups is 1. The molecule has 0 bridgehead atoms. The number of nitrogens with one attached hydrogen (secondary N) is 1. The van der Waals surface area contributed by atoms with Crippen molar-refractivity contribution in [2.75, 3.05) is 18.5 Å². The highest BCUT2D eigenvalue weighted by atomic mass is 32.2. The first kappa shape index (κ1) is 23.4. The number of aromatic nitrogens is 2. The molecule has 2 aromatic rings. The standard InChI is InChI=1S/C22H28N4O3S2/c1-13(2)26-21(28)17(31-22(26)30)11-16-19(23-9-6-10-29-14(3)4)24-18-8-7-15(5)12-25(18)20(16)27/h7-8,11-14,23H,6,9-10H2,1-5H3/b17-11-. The third-order valence-corrected chi connectivity index (χ3v) is 6.02. The molecule has 31 heavy (non-hydrogen) atoms. The molecule has 2 aromatic heterocycles. The number of pyridine rings is 1. The van der Waals surface area contributed by atoms with E-state index < -0.39 is 0 Å². The summed E-state index contributed by atoms with van der Waals surface area (Å²) in [6.07, 6.45) is 4.30. The van der Waals surface area contributed by atoms with Gasteiger partial charge in [0, 0.05) is 25.4 Å². The van der Waals surface area contributed by atoms with Gasteiger partial charge in [-0.25, -0.2) is 4.98 Å². The van der Waals surface area contributed by atoms with Gasteiger partial charge in [-0.05, 0) is 58.7 Å². The zero-order valence-corrected chi connectivity index (χ0v) is 20.1. The van der Waals surface area contributed by atoms with Crippen LogP contribution in [0.5, 0.6) is 0 Å². The topological polar surface area (TPSA) is 75.9 Å². The first-order valence-electron chi connectivity index (χ1n) is 10.3. The number of nitrogens with zero attached hydrogens (tertiary/aromatic N) is 3. The number of carbonyl (C=O) groups excluding carboxylic acids is 1. The lowest BCUT2D eigenvalue weighted by molar-refractivity contribution is -0.123. The molecule has 3 heterocycles. The molecule has 1 amide bonds. The summed E-state index contributed by atoms with van der Waals surface area (Å²) in [5.74, 6) is 0.267. The fraction of sp³-hybridized carbons (Fsp3) is 0.455. The molecule has 3 rings (SSSR count). The zero-order chi connectivity index (χ0) is 22.7. The molecular weight excluding hydrogens is 432 g/mol. The maximum atomic E-state index is 13.3. The van der Waals surface area contributed by atoms with Crippen LogP contribution in [0.2, 0.25) is 0 Å². The minimum absolute atomic E-state index is 0.0459. The molecule has 9 heteroatoms. The Bertz CT molecular complexity index is 1090. The molecule has 1 aliphatic rings. The van der Waals surface area contributed by atoms with Gasteiger partial charge < -0.3 is 10.1 Å². The number of hydrogen-bond acceptors (Lipinski definition) is 7. The third kappa shape index (κ3) is 5.34. The number of rotatable bonds is 8. The van der Waals surface area contributed by atoms with Gasteiger partial charge in [0.15, 0.2) is 0 Å². The predicted octanol–water partition coefficient (Wildman–Crippen LogP) is 3.84. The number of fused-ring (bicyclic) bond motifs is 1. The summed E-state index contributed by atoms with van der Waals surface area (Å²) in [5, 5.41) is 3.25. The van der Waals surface area contributed by atoms with E-state index in [0.717, 1.165) is 12.0 Å². The Labute approximate surface area is 191 Å². The Morgan fingerprint density at radius 3 is 2.65 bits per heavy atom. The quantitative estimate of drug-likeness (QED) is 0.364. The van der Waals surface area contributed by atoms with Gasteiger partial charge in [-0.1, -0.05) is 30.0 Å². The first-order valence-corrected chi connectivity index (χ1v) is 11.6. The highest BCUT2D eigenvalue weighted by Crippen LogP contribution is 2.34. The van der Waals surface area contributed by atoms with Crippen molar-refractivity contribution in [3.8, 4) is 0 Å². The first-order chi connectivity index (χ1) is 14.7. The van der Waals surface area contributed by atoms with Crippen LogP contribution in [0, 0.1) is 6.92 Å². The van der Waals surface area contributed by atoms with E-state index in [1.54, 1.807) is 17.2 Å². The second kappa shape index (κ2) is 9.93. The molecule has 0 aliphatic carbocycles. The smallest absolute Gasteiger partial charge is 0.267 e. The van der Waals surface area contributed by atoms with Crippen molar-refractivity contribution in [3.05, 3.63) is 44.7 Å². The summed E-state index contributed by atoms with van der Waals surface area (Å²) in [6.45, 7) is 10.9. The van der Waals surface area contributed by atoms with E-state index in [1.807, 2.05) is 46.8 Å². The largest absolute Gasteiger partial charge is 0.379 e. The SMILES string of the molecule is Cc1ccc2nc(NCCCOC(C)C)c(/C=C3\SC(=S)N(C(C)C)C3=O)c(=O)n2c1. The van der Waals surface area contributed by atoms with Crippen molar-refractivity contribution in [1.29, 1.82) is 0 Å². The van der Waals surface area contributed by atoms with Crippen LogP contribution in [0.4, 0.5) is 5.82 Å². The second-order valence-corrected chi connectivity index (χ2v) is 9.63. The number of carbonyl (C=O) groups is 1. The Morgan fingerprint density at radius 2 is 2.00 bits per heavy atom. The Morgan fingerprint density at radius 1 is 1.26 bits per heavy atom. The summed E-state index contributed by atoms with van der Waals surface area (Å²) < 4.78 is 7.59. The van der Waals surface area contributed by atoms with Gasteiger partial charge in [0.1, 0.15) is 15.8 Å². The van der Waals surface area contributed by atoms with Crippen LogP contribution in [-0.4, -0.2) is 49.8 Å². The molecule has 1 saturated heterocycles. The van der Waals surface area contributed by atoms with E-state index >= 15 is 0 Å².